The summed E-state index contributed by atoms with van der Waals surface area (Å²) in [7, 11) is 0. The van der Waals surface area contributed by atoms with Crippen molar-refractivity contribution < 1.29 is 18.0 Å². The molecule has 0 fully saturated rings. The van der Waals surface area contributed by atoms with Crippen molar-refractivity contribution >= 4 is 46.1 Å². The van der Waals surface area contributed by atoms with Crippen molar-refractivity contribution in [2.24, 2.45) is 5.73 Å². The van der Waals surface area contributed by atoms with Crippen LogP contribution in [0.1, 0.15) is 16.2 Å². The fourth-order valence-corrected chi connectivity index (χ4v) is 4.01. The van der Waals surface area contributed by atoms with Gasteiger partial charge in [0.05, 0.1) is 46.2 Å². The first-order valence-electron chi connectivity index (χ1n) is 9.97. The van der Waals surface area contributed by atoms with Crippen LogP contribution in [0.4, 0.5) is 24.5 Å². The molecule has 15 heteroatoms. The number of pyridine rings is 1. The predicted octanol–water partition coefficient (Wildman–Crippen LogP) is 4.54. The largest absolute Gasteiger partial charge is 0.433 e. The van der Waals surface area contributed by atoms with Gasteiger partial charge in [-0.1, -0.05) is 29.3 Å². The molecule has 0 unspecified atom stereocenters. The Hall–Kier alpha value is -4.23. The van der Waals surface area contributed by atoms with E-state index in [0.29, 0.717) is 27.6 Å². The number of nitrogens with one attached hydrogen (secondary N) is 1. The van der Waals surface area contributed by atoms with Gasteiger partial charge in [-0.3, -0.25) is 19.2 Å². The van der Waals surface area contributed by atoms with E-state index in [9.17, 15) is 18.0 Å². The number of amides is 1. The molecule has 1 amide bonds. The van der Waals surface area contributed by atoms with Crippen LogP contribution in [0.15, 0.2) is 55.1 Å². The zero-order valence-electron chi connectivity index (χ0n) is 17.7. The summed E-state index contributed by atoms with van der Waals surface area (Å²) in [5.41, 5.74) is 5.34. The third kappa shape index (κ3) is 4.18. The second-order valence-electron chi connectivity index (χ2n) is 7.34. The molecule has 0 aliphatic rings. The number of hydrogen-bond acceptors (Lipinski definition) is 7. The monoisotopic (exact) mass is 533 g/mol. The number of benzene rings is 1. The molecule has 0 aliphatic carbocycles. The van der Waals surface area contributed by atoms with Crippen molar-refractivity contribution in [3.8, 4) is 17.2 Å². The normalized spacial score (nSPS) is 11.7. The maximum Gasteiger partial charge on any atom is 0.433 e. The molecule has 0 bridgehead atoms. The van der Waals surface area contributed by atoms with Crippen LogP contribution in [0.25, 0.3) is 22.9 Å². The number of rotatable bonds is 5. The van der Waals surface area contributed by atoms with Gasteiger partial charge in [-0.25, -0.2) is 4.68 Å². The molecule has 0 spiro atoms. The lowest BCUT2D eigenvalue weighted by Crippen LogP contribution is -2.14. The van der Waals surface area contributed by atoms with E-state index in [1.165, 1.54) is 29.2 Å². The number of nitrogens with zero attached hydrogens (tertiary/aromatic N) is 7. The van der Waals surface area contributed by atoms with E-state index in [1.54, 1.807) is 18.2 Å². The van der Waals surface area contributed by atoms with Gasteiger partial charge < -0.3 is 11.1 Å². The summed E-state index contributed by atoms with van der Waals surface area (Å²) in [5, 5.41) is 15.3. The van der Waals surface area contributed by atoms with E-state index in [1.807, 2.05) is 0 Å². The van der Waals surface area contributed by atoms with Crippen molar-refractivity contribution in [2.45, 2.75) is 6.18 Å². The molecule has 1 aromatic carbocycles. The third-order valence-electron chi connectivity index (χ3n) is 4.99. The Morgan fingerprint density at radius 2 is 1.78 bits per heavy atom. The minimum Gasteiger partial charge on any atom is -0.364 e. The van der Waals surface area contributed by atoms with E-state index < -0.39 is 17.8 Å². The third-order valence-corrected chi connectivity index (χ3v) is 5.60. The van der Waals surface area contributed by atoms with Crippen molar-refractivity contribution in [1.82, 2.24) is 34.3 Å². The van der Waals surface area contributed by atoms with Gasteiger partial charge in [0.25, 0.3) is 5.91 Å². The van der Waals surface area contributed by atoms with Crippen LogP contribution < -0.4 is 11.1 Å². The molecule has 0 radical (unpaired) electrons. The Morgan fingerprint density at radius 1 is 1.03 bits per heavy atom. The number of primary amides is 1. The van der Waals surface area contributed by atoms with Crippen LogP contribution in [0.5, 0.6) is 0 Å². The van der Waals surface area contributed by atoms with Crippen LogP contribution in [0.3, 0.4) is 0 Å². The fraction of sp³-hybridized carbons (Fsp3) is 0.0476. The van der Waals surface area contributed by atoms with Gasteiger partial charge in [0.2, 0.25) is 0 Å². The Balaban J connectivity index is 1.49. The summed E-state index contributed by atoms with van der Waals surface area (Å²) in [6, 6.07) is 7.85. The highest BCUT2D eigenvalue weighted by atomic mass is 35.5. The number of hydrogen-bond donors (Lipinski definition) is 2. The maximum atomic E-state index is 13.5. The first-order valence-corrected chi connectivity index (χ1v) is 10.7. The van der Waals surface area contributed by atoms with E-state index in [4.69, 9.17) is 28.9 Å². The Kier molecular flexibility index (Phi) is 5.73. The zero-order chi connectivity index (χ0) is 25.6. The molecule has 10 nitrogen and oxygen atoms in total. The summed E-state index contributed by atoms with van der Waals surface area (Å²) in [5.74, 6) is -0.933. The number of aromatic nitrogens is 7. The van der Waals surface area contributed by atoms with E-state index in [2.05, 4.69) is 30.6 Å². The smallest absolute Gasteiger partial charge is 0.364 e. The molecule has 0 aliphatic heterocycles. The highest BCUT2D eigenvalue weighted by Gasteiger charge is 2.35. The number of carbonyl (C=O) groups is 1. The van der Waals surface area contributed by atoms with Gasteiger partial charge in [0, 0.05) is 0 Å². The van der Waals surface area contributed by atoms with E-state index in [-0.39, 0.29) is 28.5 Å². The predicted molar refractivity (Wildman–Crippen MR) is 124 cm³/mol. The fourth-order valence-electron chi connectivity index (χ4n) is 3.44. The number of para-hydroxylation sites is 1. The van der Waals surface area contributed by atoms with Gasteiger partial charge >= 0.3 is 6.18 Å². The summed E-state index contributed by atoms with van der Waals surface area (Å²) < 4.78 is 42.5. The number of alkyl halides is 3. The quantitative estimate of drug-likeness (QED) is 0.339. The number of halogens is 5. The van der Waals surface area contributed by atoms with Gasteiger partial charge in [-0.05, 0) is 24.3 Å². The molecule has 0 atom stereocenters. The molecular weight excluding hydrogens is 522 g/mol. The molecule has 182 valence electrons. The average Bonchev–Trinajstić information content (AvgIpc) is 3.43. The number of carbonyl (C=O) groups excluding carboxylic acids is 1. The van der Waals surface area contributed by atoms with E-state index >= 15 is 0 Å². The summed E-state index contributed by atoms with van der Waals surface area (Å²) >= 11 is 12.5. The number of anilines is 2. The SMILES string of the molecule is NC(=O)c1nn(-c2c(Cl)cccc2Cl)cc1Nc1ccc(-c2nnc3cncc(C(F)(F)F)n23)nc1. The lowest BCUT2D eigenvalue weighted by molar-refractivity contribution is -0.142. The Bertz CT molecular complexity index is 1590. The molecule has 0 saturated carbocycles. The molecule has 5 aromatic rings. The molecule has 4 heterocycles. The maximum absolute atomic E-state index is 13.5. The van der Waals surface area contributed by atoms with Crippen LogP contribution in [0, 0.1) is 0 Å². The summed E-state index contributed by atoms with van der Waals surface area (Å²) in [6.07, 6.45) is -0.0217. The lowest BCUT2D eigenvalue weighted by Gasteiger charge is -2.10. The van der Waals surface area contributed by atoms with Crippen molar-refractivity contribution in [2.75, 3.05) is 5.32 Å². The minimum atomic E-state index is -4.68. The Morgan fingerprint density at radius 3 is 2.42 bits per heavy atom. The molecule has 36 heavy (non-hydrogen) atoms. The lowest BCUT2D eigenvalue weighted by atomic mass is 10.3. The second kappa shape index (κ2) is 8.77. The zero-order valence-corrected chi connectivity index (χ0v) is 19.2. The van der Waals surface area contributed by atoms with Crippen molar-refractivity contribution in [3.63, 3.8) is 0 Å². The van der Waals surface area contributed by atoms with Gasteiger partial charge in [0.15, 0.2) is 17.2 Å². The summed E-state index contributed by atoms with van der Waals surface area (Å²) in [6.45, 7) is 0. The summed E-state index contributed by atoms with van der Waals surface area (Å²) in [4.78, 5) is 19.8. The van der Waals surface area contributed by atoms with Crippen molar-refractivity contribution in [1.29, 1.82) is 0 Å². The first kappa shape index (κ1) is 23.5. The number of nitrogens with two attached hydrogens (primary N) is 1. The topological polar surface area (TPSA) is 129 Å². The van der Waals surface area contributed by atoms with Crippen LogP contribution >= 0.6 is 23.2 Å². The van der Waals surface area contributed by atoms with Crippen LogP contribution in [-0.4, -0.2) is 40.3 Å². The van der Waals surface area contributed by atoms with Crippen molar-refractivity contribution in [3.05, 3.63) is 76.6 Å². The standard InChI is InChI=1S/C21H12Cl2F3N9O/c22-11-2-1-3-12(23)18(11)34-9-14(17(33-34)19(27)36)30-10-4-5-13(29-6-10)20-32-31-16-8-28-7-15(35(16)20)21(24,25)26/h1-9,30H,(H2,27,36). The van der Waals surface area contributed by atoms with E-state index in [0.717, 1.165) is 10.6 Å². The first-order chi connectivity index (χ1) is 17.1. The van der Waals surface area contributed by atoms with Gasteiger partial charge in [0.1, 0.15) is 17.1 Å². The molecule has 4 aromatic heterocycles. The highest BCUT2D eigenvalue weighted by Crippen LogP contribution is 2.32. The molecule has 0 saturated heterocycles. The highest BCUT2D eigenvalue weighted by molar-refractivity contribution is 6.37. The average molecular weight is 534 g/mol. The molecular formula is C21H12Cl2F3N9O. The Labute approximate surface area is 209 Å². The molecule has 5 rings (SSSR count). The number of fused-ring (bicyclic) bond motifs is 1. The molecule has 3 N–H and O–H groups in total. The van der Waals surface area contributed by atoms with Crippen LogP contribution in [0.2, 0.25) is 10.0 Å². The van der Waals surface area contributed by atoms with Crippen LogP contribution in [-0.2, 0) is 6.18 Å². The van der Waals surface area contributed by atoms with Gasteiger partial charge in [-0.2, -0.15) is 18.3 Å². The second-order valence-corrected chi connectivity index (χ2v) is 8.15. The van der Waals surface area contributed by atoms with Gasteiger partial charge in [-0.15, -0.1) is 10.2 Å². The minimum absolute atomic E-state index is 0.0828.